The number of benzene rings is 1. The Balaban J connectivity index is 1.49. The van der Waals surface area contributed by atoms with Gasteiger partial charge in [-0.1, -0.05) is 12.1 Å². The van der Waals surface area contributed by atoms with Crippen LogP contribution in [0, 0.1) is 23.0 Å². The van der Waals surface area contributed by atoms with E-state index in [0.29, 0.717) is 17.5 Å². The van der Waals surface area contributed by atoms with Crippen LogP contribution in [0.3, 0.4) is 0 Å². The predicted molar refractivity (Wildman–Crippen MR) is 97.8 cm³/mol. The number of nitro benzene ring substituents is 1. The Morgan fingerprint density at radius 1 is 1.36 bits per heavy atom. The van der Waals surface area contributed by atoms with Crippen LogP contribution >= 0.6 is 0 Å². The summed E-state index contributed by atoms with van der Waals surface area (Å²) in [5.74, 6) is 0.705. The average molecular weight is 347 g/mol. The lowest BCUT2D eigenvalue weighted by Gasteiger charge is -2.35. The average Bonchev–Trinajstić information content (AvgIpc) is 3.09. The number of likely N-dealkylation sites (tertiary alicyclic amines) is 1. The van der Waals surface area contributed by atoms with Crippen LogP contribution < -0.4 is 5.32 Å². The molecule has 6 heteroatoms. The van der Waals surface area contributed by atoms with E-state index in [9.17, 15) is 10.1 Å². The number of aryl methyl sites for hydroxylation is 1. The van der Waals surface area contributed by atoms with Gasteiger partial charge in [0.25, 0.3) is 5.69 Å². The van der Waals surface area contributed by atoms with Gasteiger partial charge in [-0.25, -0.2) is 0 Å². The van der Waals surface area contributed by atoms with Crippen molar-refractivity contribution in [2.45, 2.75) is 45.2 Å². The normalized spacial score (nSPS) is 23.7. The zero-order valence-corrected chi connectivity index (χ0v) is 15.2. The highest BCUT2D eigenvalue weighted by Gasteiger charge is 2.25. The fourth-order valence-corrected chi connectivity index (χ4v) is 3.92. The molecule has 2 atom stereocenters. The van der Waals surface area contributed by atoms with Crippen LogP contribution in [0.1, 0.15) is 43.4 Å². The number of hydrogen-bond acceptors (Lipinski definition) is 5. The van der Waals surface area contributed by atoms with E-state index >= 15 is 0 Å². The topological polar surface area (TPSA) is 67.6 Å². The van der Waals surface area contributed by atoms with Crippen molar-refractivity contribution in [1.82, 2.24) is 10.2 Å². The number of nitrogens with zero attached hydrogens (tertiary/aromatic N) is 2. The molecule has 138 valence electrons. The summed E-state index contributed by atoms with van der Waals surface area (Å²) in [6, 6.07) is 6.15. The largest absolute Gasteiger partial charge is 0.381 e. The van der Waals surface area contributed by atoms with Gasteiger partial charge < -0.3 is 15.0 Å². The van der Waals surface area contributed by atoms with E-state index < -0.39 is 0 Å². The Bertz CT molecular complexity index is 594. The molecule has 2 aliphatic heterocycles. The van der Waals surface area contributed by atoms with Crippen LogP contribution in [0.2, 0.25) is 0 Å². The Hall–Kier alpha value is -1.50. The molecule has 0 saturated carbocycles. The van der Waals surface area contributed by atoms with Crippen molar-refractivity contribution in [3.8, 4) is 0 Å². The first-order valence-electron chi connectivity index (χ1n) is 9.34. The smallest absolute Gasteiger partial charge is 0.272 e. The molecule has 25 heavy (non-hydrogen) atoms. The summed E-state index contributed by atoms with van der Waals surface area (Å²) < 4.78 is 5.47. The summed E-state index contributed by atoms with van der Waals surface area (Å²) in [4.78, 5) is 13.4. The van der Waals surface area contributed by atoms with E-state index in [1.807, 2.05) is 12.1 Å². The minimum Gasteiger partial charge on any atom is -0.381 e. The Morgan fingerprint density at radius 2 is 2.12 bits per heavy atom. The summed E-state index contributed by atoms with van der Waals surface area (Å²) in [7, 11) is 0. The molecule has 2 saturated heterocycles. The highest BCUT2D eigenvalue weighted by Crippen LogP contribution is 2.25. The van der Waals surface area contributed by atoms with Crippen molar-refractivity contribution in [2.75, 3.05) is 32.8 Å². The number of nitrogens with one attached hydrogen (secondary N) is 1. The molecule has 0 aliphatic carbocycles. The van der Waals surface area contributed by atoms with Gasteiger partial charge in [-0.2, -0.15) is 0 Å². The van der Waals surface area contributed by atoms with Gasteiger partial charge in [0.2, 0.25) is 0 Å². The maximum absolute atomic E-state index is 11.1. The van der Waals surface area contributed by atoms with E-state index in [-0.39, 0.29) is 16.7 Å². The van der Waals surface area contributed by atoms with Crippen molar-refractivity contribution >= 4 is 5.69 Å². The third-order valence-corrected chi connectivity index (χ3v) is 5.54. The highest BCUT2D eigenvalue weighted by atomic mass is 16.6. The van der Waals surface area contributed by atoms with Gasteiger partial charge in [-0.05, 0) is 57.7 Å². The van der Waals surface area contributed by atoms with Crippen molar-refractivity contribution in [3.05, 3.63) is 39.4 Å². The molecule has 0 amide bonds. The van der Waals surface area contributed by atoms with E-state index in [0.717, 1.165) is 51.3 Å². The zero-order valence-electron chi connectivity index (χ0n) is 15.2. The monoisotopic (exact) mass is 347 g/mol. The van der Waals surface area contributed by atoms with Gasteiger partial charge in [0.05, 0.1) is 11.5 Å². The molecule has 0 radical (unpaired) electrons. The molecule has 2 heterocycles. The molecular formula is C19H29N3O3. The molecule has 0 aromatic heterocycles. The molecule has 0 unspecified atom stereocenters. The van der Waals surface area contributed by atoms with Crippen molar-refractivity contribution in [2.24, 2.45) is 5.92 Å². The quantitative estimate of drug-likeness (QED) is 0.633. The van der Waals surface area contributed by atoms with Crippen molar-refractivity contribution < 1.29 is 9.66 Å². The lowest BCUT2D eigenvalue weighted by atomic mass is 9.99. The first kappa shape index (κ1) is 18.3. The van der Waals surface area contributed by atoms with E-state index in [4.69, 9.17) is 4.74 Å². The third-order valence-electron chi connectivity index (χ3n) is 5.54. The van der Waals surface area contributed by atoms with Crippen LogP contribution in [-0.4, -0.2) is 48.7 Å². The molecule has 2 fully saturated rings. The summed E-state index contributed by atoms with van der Waals surface area (Å²) in [5.41, 5.74) is 1.91. The fraction of sp³-hybridized carbons (Fsp3) is 0.684. The maximum Gasteiger partial charge on any atom is 0.272 e. The summed E-state index contributed by atoms with van der Waals surface area (Å²) in [6.07, 6.45) is 3.46. The van der Waals surface area contributed by atoms with Gasteiger partial charge in [0, 0.05) is 36.9 Å². The van der Waals surface area contributed by atoms with E-state index in [1.54, 1.807) is 13.0 Å². The highest BCUT2D eigenvalue weighted by molar-refractivity contribution is 5.43. The summed E-state index contributed by atoms with van der Waals surface area (Å²) in [6.45, 7) is 9.11. The minimum absolute atomic E-state index is 0.124. The van der Waals surface area contributed by atoms with Crippen molar-refractivity contribution in [3.63, 3.8) is 0 Å². The minimum atomic E-state index is -0.295. The second-order valence-electron chi connectivity index (χ2n) is 7.50. The molecule has 1 aromatic carbocycles. The second-order valence-corrected chi connectivity index (χ2v) is 7.50. The fourth-order valence-electron chi connectivity index (χ4n) is 3.92. The molecule has 3 rings (SSSR count). The van der Waals surface area contributed by atoms with Gasteiger partial charge in [-0.3, -0.25) is 10.1 Å². The summed E-state index contributed by atoms with van der Waals surface area (Å²) >= 11 is 0. The van der Waals surface area contributed by atoms with E-state index in [1.165, 1.54) is 6.42 Å². The standard InChI is InChI=1S/C19H29N3O3/c1-14-3-4-17(11-19(14)22(23)24)15(2)20-18-5-8-21(9-6-18)12-16-7-10-25-13-16/h3-4,11,15-16,18,20H,5-10,12-13H2,1-2H3/t15-,16+/m1/s1. The zero-order chi connectivity index (χ0) is 17.8. The maximum atomic E-state index is 11.1. The second kappa shape index (κ2) is 8.25. The Morgan fingerprint density at radius 3 is 2.76 bits per heavy atom. The SMILES string of the molecule is Cc1ccc([C@@H](C)NC2CCN(C[C@@H]3CCOC3)CC2)cc1[N+](=O)[O-]. The molecule has 1 aromatic rings. The molecule has 2 aliphatic rings. The van der Waals surface area contributed by atoms with Gasteiger partial charge >= 0.3 is 0 Å². The lowest BCUT2D eigenvalue weighted by molar-refractivity contribution is -0.385. The number of rotatable bonds is 6. The molecule has 1 N–H and O–H groups in total. The molecule has 0 spiro atoms. The van der Waals surface area contributed by atoms with Crippen molar-refractivity contribution in [1.29, 1.82) is 0 Å². The van der Waals surface area contributed by atoms with Crippen LogP contribution in [-0.2, 0) is 4.74 Å². The third kappa shape index (κ3) is 4.77. The van der Waals surface area contributed by atoms with Crippen LogP contribution in [0.15, 0.2) is 18.2 Å². The first-order valence-corrected chi connectivity index (χ1v) is 9.34. The Labute approximate surface area is 149 Å². The van der Waals surface area contributed by atoms with Crippen LogP contribution in [0.5, 0.6) is 0 Å². The van der Waals surface area contributed by atoms with Crippen LogP contribution in [0.4, 0.5) is 5.69 Å². The molecule has 6 nitrogen and oxygen atoms in total. The first-order chi connectivity index (χ1) is 12.0. The van der Waals surface area contributed by atoms with Gasteiger partial charge in [0.1, 0.15) is 0 Å². The lowest BCUT2D eigenvalue weighted by Crippen LogP contribution is -2.44. The number of nitro groups is 1. The number of hydrogen-bond donors (Lipinski definition) is 1. The molecular weight excluding hydrogens is 318 g/mol. The number of piperidine rings is 1. The Kier molecular flexibility index (Phi) is 6.04. The molecule has 0 bridgehead atoms. The van der Waals surface area contributed by atoms with Gasteiger partial charge in [0.15, 0.2) is 0 Å². The predicted octanol–water partition coefficient (Wildman–Crippen LogP) is 3.05. The van der Waals surface area contributed by atoms with Crippen LogP contribution in [0.25, 0.3) is 0 Å². The summed E-state index contributed by atoms with van der Waals surface area (Å²) in [5, 5.41) is 14.8. The van der Waals surface area contributed by atoms with E-state index in [2.05, 4.69) is 17.1 Å². The van der Waals surface area contributed by atoms with Gasteiger partial charge in [-0.15, -0.1) is 0 Å². The number of ether oxygens (including phenoxy) is 1.